The lowest BCUT2D eigenvalue weighted by atomic mass is 9.99. The van der Waals surface area contributed by atoms with E-state index in [2.05, 4.69) is 38.1 Å². The zero-order chi connectivity index (χ0) is 14.5. The smallest absolute Gasteiger partial charge is 0.119 e. The van der Waals surface area contributed by atoms with E-state index in [4.69, 9.17) is 16.3 Å². The fraction of sp³-hybridized carbons (Fsp3) is 0.333. The number of hydrogen-bond acceptors (Lipinski definition) is 1. The Hall–Kier alpha value is -1.47. The summed E-state index contributed by atoms with van der Waals surface area (Å²) in [5.74, 6) is 1.51. The monoisotopic (exact) mass is 288 g/mol. The molecule has 0 saturated heterocycles. The zero-order valence-corrected chi connectivity index (χ0v) is 13.0. The molecule has 0 aliphatic carbocycles. The molecule has 0 radical (unpaired) electrons. The molecule has 0 heterocycles. The lowest BCUT2D eigenvalue weighted by Crippen LogP contribution is -1.97. The van der Waals surface area contributed by atoms with Crippen LogP contribution < -0.4 is 4.74 Å². The van der Waals surface area contributed by atoms with Crippen molar-refractivity contribution in [3.63, 3.8) is 0 Å². The number of methoxy groups -OCH3 is 1. The van der Waals surface area contributed by atoms with Gasteiger partial charge in [0.15, 0.2) is 0 Å². The summed E-state index contributed by atoms with van der Waals surface area (Å²) in [4.78, 5) is 0. The molecule has 2 rings (SSSR count). The molecule has 0 aliphatic heterocycles. The third-order valence-corrected chi connectivity index (χ3v) is 3.81. The van der Waals surface area contributed by atoms with Crippen molar-refractivity contribution in [3.05, 3.63) is 65.2 Å². The molecule has 0 fully saturated rings. The van der Waals surface area contributed by atoms with E-state index >= 15 is 0 Å². The second-order valence-corrected chi connectivity index (χ2v) is 5.92. The van der Waals surface area contributed by atoms with Gasteiger partial charge >= 0.3 is 0 Å². The van der Waals surface area contributed by atoms with Gasteiger partial charge in [0, 0.05) is 0 Å². The fourth-order valence-corrected chi connectivity index (χ4v) is 2.57. The van der Waals surface area contributed by atoms with Crippen molar-refractivity contribution < 1.29 is 4.74 Å². The van der Waals surface area contributed by atoms with E-state index in [1.165, 1.54) is 5.56 Å². The van der Waals surface area contributed by atoms with Crippen molar-refractivity contribution in [2.45, 2.75) is 25.6 Å². The molecule has 2 aromatic rings. The predicted octanol–water partition coefficient (Wildman–Crippen LogP) is 5.22. The fourth-order valence-electron chi connectivity index (χ4n) is 2.29. The summed E-state index contributed by atoms with van der Waals surface area (Å²) in [5, 5.41) is -0.141. The molecule has 1 atom stereocenters. The number of alkyl halides is 1. The van der Waals surface area contributed by atoms with Crippen LogP contribution in [0.15, 0.2) is 48.5 Å². The molecule has 2 aromatic carbocycles. The summed E-state index contributed by atoms with van der Waals surface area (Å²) >= 11 is 6.56. The topological polar surface area (TPSA) is 9.23 Å². The Bertz CT molecular complexity index is 546. The Morgan fingerprint density at radius 3 is 2.30 bits per heavy atom. The van der Waals surface area contributed by atoms with E-state index in [0.717, 1.165) is 23.3 Å². The summed E-state index contributed by atoms with van der Waals surface area (Å²) in [6.45, 7) is 4.46. The minimum atomic E-state index is -0.141. The van der Waals surface area contributed by atoms with Crippen LogP contribution in [0, 0.1) is 5.92 Å². The molecular formula is C18H21ClO. The first-order chi connectivity index (χ1) is 9.60. The van der Waals surface area contributed by atoms with Crippen molar-refractivity contribution in [1.82, 2.24) is 0 Å². The summed E-state index contributed by atoms with van der Waals surface area (Å²) in [7, 11) is 1.67. The molecule has 0 amide bonds. The van der Waals surface area contributed by atoms with E-state index in [0.29, 0.717) is 5.92 Å². The van der Waals surface area contributed by atoms with Crippen LogP contribution >= 0.6 is 11.6 Å². The molecule has 2 heteroatoms. The van der Waals surface area contributed by atoms with Gasteiger partial charge in [-0.25, -0.2) is 0 Å². The summed E-state index contributed by atoms with van der Waals surface area (Å²) < 4.78 is 5.25. The minimum absolute atomic E-state index is 0.141. The number of halogens is 1. The molecule has 0 bridgehead atoms. The summed E-state index contributed by atoms with van der Waals surface area (Å²) in [6.07, 6.45) is 1.10. The van der Waals surface area contributed by atoms with Gasteiger partial charge in [0.05, 0.1) is 12.5 Å². The highest BCUT2D eigenvalue weighted by Crippen LogP contribution is 2.31. The molecule has 0 aromatic heterocycles. The quantitative estimate of drug-likeness (QED) is 0.685. The van der Waals surface area contributed by atoms with Gasteiger partial charge < -0.3 is 4.74 Å². The Balaban J connectivity index is 2.17. The van der Waals surface area contributed by atoms with Crippen LogP contribution in [0.25, 0.3) is 0 Å². The van der Waals surface area contributed by atoms with Gasteiger partial charge in [0.1, 0.15) is 5.75 Å². The predicted molar refractivity (Wildman–Crippen MR) is 85.7 cm³/mol. The lowest BCUT2D eigenvalue weighted by molar-refractivity contribution is 0.414. The maximum absolute atomic E-state index is 6.56. The average molecular weight is 289 g/mol. The Morgan fingerprint density at radius 2 is 1.70 bits per heavy atom. The van der Waals surface area contributed by atoms with Crippen LogP contribution in [0.5, 0.6) is 5.75 Å². The van der Waals surface area contributed by atoms with Crippen molar-refractivity contribution in [3.8, 4) is 5.75 Å². The molecular weight excluding hydrogens is 268 g/mol. The van der Waals surface area contributed by atoms with Gasteiger partial charge in [-0.1, -0.05) is 50.2 Å². The zero-order valence-electron chi connectivity index (χ0n) is 12.3. The van der Waals surface area contributed by atoms with Gasteiger partial charge in [-0.2, -0.15) is 0 Å². The maximum atomic E-state index is 6.56. The number of rotatable bonds is 5. The van der Waals surface area contributed by atoms with E-state index in [-0.39, 0.29) is 5.38 Å². The Labute approximate surface area is 126 Å². The largest absolute Gasteiger partial charge is 0.497 e. The van der Waals surface area contributed by atoms with Crippen LogP contribution in [0.1, 0.15) is 35.9 Å². The van der Waals surface area contributed by atoms with Gasteiger partial charge in [0.2, 0.25) is 0 Å². The van der Waals surface area contributed by atoms with Gasteiger partial charge in [-0.3, -0.25) is 0 Å². The standard InChI is InChI=1S/C18H21ClO/c1-13(2)11-14-7-9-15(10-8-14)18(19)16-5-4-6-17(12-16)20-3/h4-10,12-13,18H,11H2,1-3H3. The normalized spacial score (nSPS) is 12.4. The molecule has 1 unspecified atom stereocenters. The third kappa shape index (κ3) is 3.77. The summed E-state index contributed by atoms with van der Waals surface area (Å²) in [6, 6.07) is 16.5. The highest BCUT2D eigenvalue weighted by Gasteiger charge is 2.11. The lowest BCUT2D eigenvalue weighted by Gasteiger charge is -2.13. The Kier molecular flexibility index (Phi) is 5.08. The molecule has 20 heavy (non-hydrogen) atoms. The second kappa shape index (κ2) is 6.81. The van der Waals surface area contributed by atoms with Crippen molar-refractivity contribution in [2.24, 2.45) is 5.92 Å². The number of benzene rings is 2. The van der Waals surface area contributed by atoms with Crippen molar-refractivity contribution in [1.29, 1.82) is 0 Å². The minimum Gasteiger partial charge on any atom is -0.497 e. The first-order valence-electron chi connectivity index (χ1n) is 6.97. The highest BCUT2D eigenvalue weighted by molar-refractivity contribution is 6.22. The third-order valence-electron chi connectivity index (χ3n) is 3.30. The first-order valence-corrected chi connectivity index (χ1v) is 7.40. The number of ether oxygens (including phenoxy) is 1. The average Bonchev–Trinajstić information content (AvgIpc) is 2.47. The van der Waals surface area contributed by atoms with E-state index < -0.39 is 0 Å². The molecule has 1 nitrogen and oxygen atoms in total. The van der Waals surface area contributed by atoms with Crippen LogP contribution in [0.3, 0.4) is 0 Å². The summed E-state index contributed by atoms with van der Waals surface area (Å²) in [5.41, 5.74) is 3.54. The van der Waals surface area contributed by atoms with Crippen molar-refractivity contribution >= 4 is 11.6 Å². The molecule has 0 N–H and O–H groups in total. The maximum Gasteiger partial charge on any atom is 0.119 e. The second-order valence-electron chi connectivity index (χ2n) is 5.48. The van der Waals surface area contributed by atoms with E-state index in [9.17, 15) is 0 Å². The molecule has 0 aliphatic rings. The van der Waals surface area contributed by atoms with Crippen LogP contribution in [-0.2, 0) is 6.42 Å². The van der Waals surface area contributed by atoms with E-state index in [1.807, 2.05) is 24.3 Å². The van der Waals surface area contributed by atoms with Gasteiger partial charge in [0.25, 0.3) is 0 Å². The highest BCUT2D eigenvalue weighted by atomic mass is 35.5. The van der Waals surface area contributed by atoms with E-state index in [1.54, 1.807) is 7.11 Å². The Morgan fingerprint density at radius 1 is 1.00 bits per heavy atom. The molecule has 0 spiro atoms. The SMILES string of the molecule is COc1cccc(C(Cl)c2ccc(CC(C)C)cc2)c1. The van der Waals surface area contributed by atoms with Gasteiger partial charge in [-0.15, -0.1) is 11.6 Å². The van der Waals surface area contributed by atoms with Crippen molar-refractivity contribution in [2.75, 3.05) is 7.11 Å². The van der Waals surface area contributed by atoms with Gasteiger partial charge in [-0.05, 0) is 41.2 Å². The molecule has 106 valence electrons. The van der Waals surface area contributed by atoms with Crippen LogP contribution in [0.2, 0.25) is 0 Å². The first kappa shape index (κ1) is 14.9. The van der Waals surface area contributed by atoms with Crippen LogP contribution in [0.4, 0.5) is 0 Å². The molecule has 0 saturated carbocycles. The van der Waals surface area contributed by atoms with Crippen LogP contribution in [-0.4, -0.2) is 7.11 Å². The number of hydrogen-bond donors (Lipinski definition) is 0.